The molecule has 0 unspecified atom stereocenters. The summed E-state index contributed by atoms with van der Waals surface area (Å²) in [5, 5.41) is 0. The zero-order chi connectivity index (χ0) is 33.7. The Morgan fingerprint density at radius 2 is 1.06 bits per heavy atom. The molecule has 3 nitrogen and oxygen atoms in total. The van der Waals surface area contributed by atoms with Gasteiger partial charge in [-0.05, 0) is 80.4 Å². The fourth-order valence-corrected chi connectivity index (χ4v) is 6.91. The van der Waals surface area contributed by atoms with Gasteiger partial charge >= 0.3 is 0 Å². The van der Waals surface area contributed by atoms with Gasteiger partial charge in [0, 0.05) is 11.1 Å². The number of hydrogen-bond donors (Lipinski definition) is 0. The number of rotatable bonds is 7. The first-order chi connectivity index (χ1) is 24.7. The van der Waals surface area contributed by atoms with E-state index in [0.29, 0.717) is 18.2 Å². The van der Waals surface area contributed by atoms with Crippen LogP contribution < -0.4 is 0 Å². The summed E-state index contributed by atoms with van der Waals surface area (Å²) in [5.74, 6) is 1.16. The van der Waals surface area contributed by atoms with Crippen LogP contribution in [0.4, 0.5) is 0 Å². The van der Waals surface area contributed by atoms with Gasteiger partial charge in [0.25, 0.3) is 0 Å². The minimum Gasteiger partial charge on any atom is -0.261 e. The van der Waals surface area contributed by atoms with Gasteiger partial charge in [-0.2, -0.15) is 0 Å². The minimum atomic E-state index is 0.491. The van der Waals surface area contributed by atoms with E-state index >= 15 is 0 Å². The van der Waals surface area contributed by atoms with Crippen molar-refractivity contribution >= 4 is 18.4 Å². The Hall–Kier alpha value is -6.45. The second-order valence-electron chi connectivity index (χ2n) is 12.5. The van der Waals surface area contributed by atoms with Crippen molar-refractivity contribution in [2.24, 2.45) is 15.0 Å². The van der Waals surface area contributed by atoms with Gasteiger partial charge in [-0.3, -0.25) is 4.99 Å². The number of amidine groups is 2. The van der Waals surface area contributed by atoms with E-state index in [4.69, 9.17) is 9.98 Å². The predicted molar refractivity (Wildman–Crippen MR) is 210 cm³/mol. The van der Waals surface area contributed by atoms with E-state index in [9.17, 15) is 0 Å². The van der Waals surface area contributed by atoms with Crippen molar-refractivity contribution in [3.63, 3.8) is 0 Å². The molecule has 1 aliphatic rings. The van der Waals surface area contributed by atoms with Crippen molar-refractivity contribution in [2.75, 3.05) is 0 Å². The van der Waals surface area contributed by atoms with Crippen LogP contribution >= 0.6 is 0 Å². The van der Waals surface area contributed by atoms with Gasteiger partial charge in [0.2, 0.25) is 0 Å². The highest BCUT2D eigenvalue weighted by atomic mass is 15.0. The van der Waals surface area contributed by atoms with Gasteiger partial charge in [-0.15, -0.1) is 0 Å². The minimum absolute atomic E-state index is 0.491. The predicted octanol–water partition coefficient (Wildman–Crippen LogP) is 11.4. The maximum atomic E-state index is 5.01. The molecule has 0 N–H and O–H groups in total. The fraction of sp³-hybridized carbons (Fsp3) is 0.0426. The summed E-state index contributed by atoms with van der Waals surface area (Å²) >= 11 is 0. The molecular weight excluding hydrogens is 607 g/mol. The molecule has 1 aliphatic carbocycles. The van der Waals surface area contributed by atoms with Crippen LogP contribution in [-0.4, -0.2) is 18.4 Å². The van der Waals surface area contributed by atoms with Crippen molar-refractivity contribution in [2.45, 2.75) is 13.0 Å². The summed E-state index contributed by atoms with van der Waals surface area (Å²) in [4.78, 5) is 14.4. The van der Waals surface area contributed by atoms with Crippen molar-refractivity contribution in [3.05, 3.63) is 204 Å². The first-order valence-electron chi connectivity index (χ1n) is 17.0. The zero-order valence-electron chi connectivity index (χ0n) is 27.7. The molecule has 0 aromatic heterocycles. The van der Waals surface area contributed by atoms with Crippen molar-refractivity contribution in [1.29, 1.82) is 0 Å². The second-order valence-corrected chi connectivity index (χ2v) is 12.5. The highest BCUT2D eigenvalue weighted by Gasteiger charge is 2.24. The topological polar surface area (TPSA) is 37.1 Å². The second kappa shape index (κ2) is 14.0. The van der Waals surface area contributed by atoms with Gasteiger partial charge < -0.3 is 0 Å². The average molecular weight is 642 g/mol. The quantitative estimate of drug-likeness (QED) is 0.123. The monoisotopic (exact) mass is 641 g/mol. The lowest BCUT2D eigenvalue weighted by atomic mass is 9.92. The molecular formula is C47H35N3. The SMILES string of the molecule is C=N/C(=N\C(=N/Cc1cccc(-c2ccccc2)c1)c1ccccc1)c1ccc(-c2cccc3c2Cc2cccc(-c4ccccc4)c2-3)cc1. The molecule has 8 rings (SSSR count). The Balaban J connectivity index is 1.10. The molecule has 3 heteroatoms. The Morgan fingerprint density at radius 3 is 1.80 bits per heavy atom. The largest absolute Gasteiger partial charge is 0.261 e. The number of fused-ring (bicyclic) bond motifs is 3. The molecule has 238 valence electrons. The van der Waals surface area contributed by atoms with Crippen LogP contribution in [0.5, 0.6) is 0 Å². The standard InChI is InChI=1S/C47H35N3/c1-48-46(50-47(37-19-9-4-10-20-37)49-32-33-14-11-21-39(30-33)34-15-5-2-6-16-34)38-28-26-36(27-29-38)41-23-13-25-43-44(41)31-40-22-12-24-42(45(40)43)35-17-7-3-8-18-35/h2-30H,1,31-32H2/b49-47-,50-46-. The van der Waals surface area contributed by atoms with Gasteiger partial charge in [0.15, 0.2) is 11.7 Å². The molecule has 0 amide bonds. The fourth-order valence-electron chi connectivity index (χ4n) is 6.91. The van der Waals surface area contributed by atoms with Crippen LogP contribution in [0.2, 0.25) is 0 Å². The lowest BCUT2D eigenvalue weighted by Gasteiger charge is -2.12. The van der Waals surface area contributed by atoms with E-state index in [0.717, 1.165) is 23.1 Å². The van der Waals surface area contributed by atoms with Gasteiger partial charge in [0.1, 0.15) is 0 Å². The molecule has 0 fully saturated rings. The third-order valence-corrected chi connectivity index (χ3v) is 9.34. The third-order valence-electron chi connectivity index (χ3n) is 9.34. The normalized spacial score (nSPS) is 12.3. The first-order valence-corrected chi connectivity index (χ1v) is 17.0. The molecule has 0 atom stereocenters. The summed E-state index contributed by atoms with van der Waals surface area (Å²) in [7, 11) is 0. The Labute approximate surface area is 293 Å². The number of aliphatic imine (C=N–C) groups is 3. The van der Waals surface area contributed by atoms with Crippen molar-refractivity contribution in [1.82, 2.24) is 0 Å². The zero-order valence-corrected chi connectivity index (χ0v) is 27.7. The summed E-state index contributed by atoms with van der Waals surface area (Å²) in [6.07, 6.45) is 0.912. The van der Waals surface area contributed by atoms with Crippen LogP contribution in [0.1, 0.15) is 27.8 Å². The number of nitrogens with zero attached hydrogens (tertiary/aromatic N) is 3. The molecule has 7 aromatic rings. The van der Waals surface area contributed by atoms with Gasteiger partial charge in [0.05, 0.1) is 6.54 Å². The highest BCUT2D eigenvalue weighted by molar-refractivity contribution is 6.12. The first kappa shape index (κ1) is 30.9. The summed E-state index contributed by atoms with van der Waals surface area (Å²) < 4.78 is 0. The number of hydrogen-bond acceptors (Lipinski definition) is 1. The molecule has 0 spiro atoms. The summed E-state index contributed by atoms with van der Waals surface area (Å²) in [5.41, 5.74) is 15.6. The van der Waals surface area contributed by atoms with Crippen LogP contribution in [-0.2, 0) is 13.0 Å². The third kappa shape index (κ3) is 6.25. The van der Waals surface area contributed by atoms with Crippen molar-refractivity contribution in [3.8, 4) is 44.5 Å². The van der Waals surface area contributed by atoms with E-state index in [2.05, 4.69) is 151 Å². The summed E-state index contributed by atoms with van der Waals surface area (Å²) in [6, 6.07) is 61.5. The Morgan fingerprint density at radius 1 is 0.480 bits per heavy atom. The molecule has 0 saturated heterocycles. The maximum absolute atomic E-state index is 5.01. The van der Waals surface area contributed by atoms with E-state index in [1.807, 2.05) is 36.4 Å². The molecule has 50 heavy (non-hydrogen) atoms. The van der Waals surface area contributed by atoms with Crippen LogP contribution in [0.15, 0.2) is 191 Å². The molecule has 0 heterocycles. The highest BCUT2D eigenvalue weighted by Crippen LogP contribution is 2.46. The smallest absolute Gasteiger partial charge is 0.161 e. The van der Waals surface area contributed by atoms with Crippen LogP contribution in [0, 0.1) is 0 Å². The molecule has 0 saturated carbocycles. The van der Waals surface area contributed by atoms with E-state index in [1.54, 1.807) is 0 Å². The number of benzene rings is 7. The summed E-state index contributed by atoms with van der Waals surface area (Å²) in [6.45, 7) is 4.39. The molecule has 0 aliphatic heterocycles. The average Bonchev–Trinajstić information content (AvgIpc) is 3.59. The molecule has 7 aromatic carbocycles. The van der Waals surface area contributed by atoms with Crippen LogP contribution in [0.25, 0.3) is 44.5 Å². The Kier molecular flexibility index (Phi) is 8.61. The lowest BCUT2D eigenvalue weighted by Crippen LogP contribution is -2.05. The molecule has 0 bridgehead atoms. The molecule has 0 radical (unpaired) electrons. The van der Waals surface area contributed by atoms with E-state index in [1.165, 1.54) is 55.6 Å². The van der Waals surface area contributed by atoms with Crippen molar-refractivity contribution < 1.29 is 0 Å². The van der Waals surface area contributed by atoms with Gasteiger partial charge in [-0.1, -0.05) is 170 Å². The van der Waals surface area contributed by atoms with E-state index < -0.39 is 0 Å². The van der Waals surface area contributed by atoms with Gasteiger partial charge in [-0.25, -0.2) is 9.98 Å². The Bertz CT molecular complexity index is 2350. The van der Waals surface area contributed by atoms with Crippen LogP contribution in [0.3, 0.4) is 0 Å². The lowest BCUT2D eigenvalue weighted by molar-refractivity contribution is 1.06. The maximum Gasteiger partial charge on any atom is 0.161 e. The van der Waals surface area contributed by atoms with E-state index in [-0.39, 0.29) is 0 Å².